The standard InChI is InChI=1S/C14H12F3NO/c15-14(16,17)12-3-1-2-11(9-12)13-8-10(5-7-19)4-6-18-13/h1-4,6,8-9,19H,5,7H2. The van der Waals surface area contributed by atoms with Crippen molar-refractivity contribution in [1.82, 2.24) is 4.98 Å². The van der Waals surface area contributed by atoms with Crippen molar-refractivity contribution in [3.05, 3.63) is 53.7 Å². The zero-order chi connectivity index (χ0) is 13.9. The van der Waals surface area contributed by atoms with E-state index in [0.29, 0.717) is 17.7 Å². The van der Waals surface area contributed by atoms with Crippen LogP contribution in [-0.2, 0) is 12.6 Å². The lowest BCUT2D eigenvalue weighted by Crippen LogP contribution is -2.04. The molecule has 0 amide bonds. The van der Waals surface area contributed by atoms with Gasteiger partial charge in [0.25, 0.3) is 0 Å². The van der Waals surface area contributed by atoms with Crippen molar-refractivity contribution in [2.75, 3.05) is 6.61 Å². The van der Waals surface area contributed by atoms with E-state index in [4.69, 9.17) is 5.11 Å². The topological polar surface area (TPSA) is 33.1 Å². The predicted molar refractivity (Wildman–Crippen MR) is 65.5 cm³/mol. The monoisotopic (exact) mass is 267 g/mol. The van der Waals surface area contributed by atoms with E-state index < -0.39 is 11.7 Å². The highest BCUT2D eigenvalue weighted by Gasteiger charge is 2.30. The Morgan fingerprint density at radius 2 is 1.89 bits per heavy atom. The molecule has 2 rings (SSSR count). The number of hydrogen-bond acceptors (Lipinski definition) is 2. The SMILES string of the molecule is OCCc1ccnc(-c2cccc(C(F)(F)F)c2)c1. The largest absolute Gasteiger partial charge is 0.416 e. The molecule has 0 saturated heterocycles. The second-order valence-electron chi connectivity index (χ2n) is 4.10. The van der Waals surface area contributed by atoms with Crippen molar-refractivity contribution in [2.45, 2.75) is 12.6 Å². The molecular formula is C14H12F3NO. The maximum absolute atomic E-state index is 12.6. The summed E-state index contributed by atoms with van der Waals surface area (Å²) in [7, 11) is 0. The number of aromatic nitrogens is 1. The number of aliphatic hydroxyl groups excluding tert-OH is 1. The van der Waals surface area contributed by atoms with E-state index in [1.54, 1.807) is 18.2 Å². The Balaban J connectivity index is 2.39. The number of pyridine rings is 1. The van der Waals surface area contributed by atoms with Crippen LogP contribution in [0.25, 0.3) is 11.3 Å². The summed E-state index contributed by atoms with van der Waals surface area (Å²) in [5, 5.41) is 8.86. The summed E-state index contributed by atoms with van der Waals surface area (Å²) < 4.78 is 37.9. The van der Waals surface area contributed by atoms with Crippen molar-refractivity contribution < 1.29 is 18.3 Å². The Hall–Kier alpha value is -1.88. The third-order valence-corrected chi connectivity index (χ3v) is 2.71. The zero-order valence-corrected chi connectivity index (χ0v) is 9.98. The molecule has 0 saturated carbocycles. The summed E-state index contributed by atoms with van der Waals surface area (Å²) in [6.07, 6.45) is -2.38. The molecule has 100 valence electrons. The van der Waals surface area contributed by atoms with Gasteiger partial charge in [0.05, 0.1) is 11.3 Å². The van der Waals surface area contributed by atoms with Crippen molar-refractivity contribution in [2.24, 2.45) is 0 Å². The summed E-state index contributed by atoms with van der Waals surface area (Å²) >= 11 is 0. The smallest absolute Gasteiger partial charge is 0.396 e. The Morgan fingerprint density at radius 1 is 1.11 bits per heavy atom. The first kappa shape index (κ1) is 13.5. The van der Waals surface area contributed by atoms with Gasteiger partial charge in [0.2, 0.25) is 0 Å². The lowest BCUT2D eigenvalue weighted by atomic mass is 10.0. The minimum Gasteiger partial charge on any atom is -0.396 e. The molecule has 0 unspecified atom stereocenters. The zero-order valence-electron chi connectivity index (χ0n) is 9.98. The van der Waals surface area contributed by atoms with Gasteiger partial charge in [-0.2, -0.15) is 13.2 Å². The molecule has 0 aliphatic carbocycles. The maximum atomic E-state index is 12.6. The molecule has 0 bridgehead atoms. The number of nitrogens with zero attached hydrogens (tertiary/aromatic N) is 1. The molecule has 1 aromatic carbocycles. The summed E-state index contributed by atoms with van der Waals surface area (Å²) in [5.41, 5.74) is 1.02. The highest BCUT2D eigenvalue weighted by Crippen LogP contribution is 2.31. The van der Waals surface area contributed by atoms with Crippen LogP contribution in [0.1, 0.15) is 11.1 Å². The molecular weight excluding hydrogens is 255 g/mol. The molecule has 2 aromatic rings. The van der Waals surface area contributed by atoms with Gasteiger partial charge in [0.1, 0.15) is 0 Å². The van der Waals surface area contributed by atoms with E-state index in [-0.39, 0.29) is 6.61 Å². The van der Waals surface area contributed by atoms with Gasteiger partial charge in [-0.05, 0) is 36.2 Å². The first-order chi connectivity index (χ1) is 9.00. The van der Waals surface area contributed by atoms with Gasteiger partial charge in [-0.15, -0.1) is 0 Å². The number of alkyl halides is 3. The van der Waals surface area contributed by atoms with Gasteiger partial charge in [0.15, 0.2) is 0 Å². The molecule has 0 aliphatic rings. The van der Waals surface area contributed by atoms with Gasteiger partial charge in [-0.1, -0.05) is 12.1 Å². The van der Waals surface area contributed by atoms with Crippen LogP contribution in [-0.4, -0.2) is 16.7 Å². The summed E-state index contributed by atoms with van der Waals surface area (Å²) in [5.74, 6) is 0. The normalized spacial score (nSPS) is 11.6. The average molecular weight is 267 g/mol. The Labute approximate surface area is 108 Å². The van der Waals surface area contributed by atoms with Crippen LogP contribution in [0.15, 0.2) is 42.6 Å². The quantitative estimate of drug-likeness (QED) is 0.925. The summed E-state index contributed by atoms with van der Waals surface area (Å²) in [4.78, 5) is 4.07. The minimum atomic E-state index is -4.36. The van der Waals surface area contributed by atoms with Crippen molar-refractivity contribution in [1.29, 1.82) is 0 Å². The molecule has 0 atom stereocenters. The van der Waals surface area contributed by atoms with Gasteiger partial charge < -0.3 is 5.11 Å². The van der Waals surface area contributed by atoms with E-state index in [9.17, 15) is 13.2 Å². The molecule has 0 radical (unpaired) electrons. The third-order valence-electron chi connectivity index (χ3n) is 2.71. The number of aliphatic hydroxyl groups is 1. The van der Waals surface area contributed by atoms with E-state index in [1.165, 1.54) is 12.3 Å². The summed E-state index contributed by atoms with van der Waals surface area (Å²) in [6.45, 7) is -0.00789. The Kier molecular flexibility index (Phi) is 3.85. The second-order valence-corrected chi connectivity index (χ2v) is 4.10. The number of benzene rings is 1. The van der Waals surface area contributed by atoms with Gasteiger partial charge in [0, 0.05) is 18.4 Å². The maximum Gasteiger partial charge on any atom is 0.416 e. The fourth-order valence-corrected chi connectivity index (χ4v) is 1.77. The van der Waals surface area contributed by atoms with E-state index in [1.807, 2.05) is 0 Å². The van der Waals surface area contributed by atoms with Gasteiger partial charge in [-0.25, -0.2) is 0 Å². The second kappa shape index (κ2) is 5.40. The molecule has 2 nitrogen and oxygen atoms in total. The highest BCUT2D eigenvalue weighted by atomic mass is 19.4. The first-order valence-corrected chi connectivity index (χ1v) is 5.74. The van der Waals surface area contributed by atoms with E-state index in [0.717, 1.165) is 17.7 Å². The molecule has 19 heavy (non-hydrogen) atoms. The lowest BCUT2D eigenvalue weighted by Gasteiger charge is -2.09. The van der Waals surface area contributed by atoms with E-state index >= 15 is 0 Å². The van der Waals surface area contributed by atoms with Crippen molar-refractivity contribution >= 4 is 0 Å². The lowest BCUT2D eigenvalue weighted by molar-refractivity contribution is -0.137. The van der Waals surface area contributed by atoms with Crippen molar-refractivity contribution in [3.63, 3.8) is 0 Å². The Morgan fingerprint density at radius 3 is 2.58 bits per heavy atom. The van der Waals surface area contributed by atoms with Crippen LogP contribution < -0.4 is 0 Å². The predicted octanol–water partition coefficient (Wildman–Crippen LogP) is 3.30. The molecule has 0 spiro atoms. The molecule has 1 heterocycles. The van der Waals surface area contributed by atoms with Crippen LogP contribution in [0.2, 0.25) is 0 Å². The molecule has 0 fully saturated rings. The van der Waals surface area contributed by atoms with Crippen LogP contribution in [0.4, 0.5) is 13.2 Å². The van der Waals surface area contributed by atoms with Crippen molar-refractivity contribution in [3.8, 4) is 11.3 Å². The highest BCUT2D eigenvalue weighted by molar-refractivity contribution is 5.60. The van der Waals surface area contributed by atoms with Crippen LogP contribution >= 0.6 is 0 Å². The fourth-order valence-electron chi connectivity index (χ4n) is 1.77. The fraction of sp³-hybridized carbons (Fsp3) is 0.214. The molecule has 1 aromatic heterocycles. The average Bonchev–Trinajstić information content (AvgIpc) is 2.39. The van der Waals surface area contributed by atoms with Gasteiger partial charge >= 0.3 is 6.18 Å². The van der Waals surface area contributed by atoms with Crippen LogP contribution in [0.3, 0.4) is 0 Å². The minimum absolute atomic E-state index is 0.00789. The Bertz CT molecular complexity index is 567. The third kappa shape index (κ3) is 3.32. The number of hydrogen-bond donors (Lipinski definition) is 1. The first-order valence-electron chi connectivity index (χ1n) is 5.74. The van der Waals surface area contributed by atoms with E-state index in [2.05, 4.69) is 4.98 Å². The number of rotatable bonds is 3. The van der Waals surface area contributed by atoms with Crippen LogP contribution in [0.5, 0.6) is 0 Å². The van der Waals surface area contributed by atoms with Gasteiger partial charge in [-0.3, -0.25) is 4.98 Å². The van der Waals surface area contributed by atoms with Crippen LogP contribution in [0, 0.1) is 0 Å². The molecule has 1 N–H and O–H groups in total. The summed E-state index contributed by atoms with van der Waals surface area (Å²) in [6, 6.07) is 8.46. The molecule has 0 aliphatic heterocycles. The number of halogens is 3. The molecule has 5 heteroatoms.